The van der Waals surface area contributed by atoms with E-state index in [0.29, 0.717) is 6.04 Å². The first-order chi connectivity index (χ1) is 12.3. The van der Waals surface area contributed by atoms with E-state index in [2.05, 4.69) is 32.2 Å². The van der Waals surface area contributed by atoms with Gasteiger partial charge < -0.3 is 19.7 Å². The zero-order valence-electron chi connectivity index (χ0n) is 15.8. The number of hydrogen-bond acceptors (Lipinski definition) is 4. The Hall–Kier alpha value is -1.06. The number of methoxy groups -OCH3 is 1. The molecule has 2 aliphatic heterocycles. The van der Waals surface area contributed by atoms with Crippen LogP contribution in [0.5, 0.6) is 5.75 Å². The average molecular weight is 474 g/mol. The van der Waals surface area contributed by atoms with Crippen LogP contribution in [-0.2, 0) is 11.2 Å². The van der Waals surface area contributed by atoms with E-state index < -0.39 is 0 Å². The summed E-state index contributed by atoms with van der Waals surface area (Å²) in [6, 6.07) is 8.87. The molecule has 3 rings (SSSR count). The number of morpholine rings is 1. The SMILES string of the molecule is CN=C(NCCc1cccc(OC)c1)N1CCC(N2CCOCC2)C1.I. The smallest absolute Gasteiger partial charge is 0.193 e. The van der Waals surface area contributed by atoms with Gasteiger partial charge in [0, 0.05) is 45.8 Å². The summed E-state index contributed by atoms with van der Waals surface area (Å²) in [6.07, 6.45) is 2.16. The van der Waals surface area contributed by atoms with Crippen LogP contribution >= 0.6 is 24.0 Å². The van der Waals surface area contributed by atoms with E-state index >= 15 is 0 Å². The van der Waals surface area contributed by atoms with Gasteiger partial charge in [0.25, 0.3) is 0 Å². The number of halogens is 1. The summed E-state index contributed by atoms with van der Waals surface area (Å²) in [6.45, 7) is 6.84. The molecule has 0 amide bonds. The van der Waals surface area contributed by atoms with Gasteiger partial charge in [-0.1, -0.05) is 12.1 Å². The van der Waals surface area contributed by atoms with Crippen molar-refractivity contribution in [3.8, 4) is 5.75 Å². The second-order valence-electron chi connectivity index (χ2n) is 6.61. The van der Waals surface area contributed by atoms with Gasteiger partial charge in [0.15, 0.2) is 5.96 Å². The molecule has 6 nitrogen and oxygen atoms in total. The third-order valence-corrected chi connectivity index (χ3v) is 5.07. The molecule has 1 unspecified atom stereocenters. The van der Waals surface area contributed by atoms with Crippen LogP contribution in [0.2, 0.25) is 0 Å². The van der Waals surface area contributed by atoms with Crippen LogP contribution in [0.1, 0.15) is 12.0 Å². The molecule has 1 N–H and O–H groups in total. The molecule has 0 saturated carbocycles. The maximum Gasteiger partial charge on any atom is 0.193 e. The number of rotatable bonds is 5. The van der Waals surface area contributed by atoms with Gasteiger partial charge in [0.2, 0.25) is 0 Å². The first-order valence-corrected chi connectivity index (χ1v) is 9.20. The van der Waals surface area contributed by atoms with E-state index in [4.69, 9.17) is 9.47 Å². The summed E-state index contributed by atoms with van der Waals surface area (Å²) < 4.78 is 10.8. The van der Waals surface area contributed by atoms with E-state index in [9.17, 15) is 0 Å². The van der Waals surface area contributed by atoms with Crippen molar-refractivity contribution in [2.75, 3.05) is 60.1 Å². The molecule has 0 aromatic heterocycles. The molecule has 2 aliphatic rings. The molecule has 2 saturated heterocycles. The van der Waals surface area contributed by atoms with Gasteiger partial charge in [-0.15, -0.1) is 24.0 Å². The highest BCUT2D eigenvalue weighted by Crippen LogP contribution is 2.17. The van der Waals surface area contributed by atoms with Gasteiger partial charge in [-0.3, -0.25) is 9.89 Å². The van der Waals surface area contributed by atoms with Crippen LogP contribution in [0.25, 0.3) is 0 Å². The maximum absolute atomic E-state index is 5.47. The van der Waals surface area contributed by atoms with Crippen molar-refractivity contribution in [2.24, 2.45) is 4.99 Å². The fraction of sp³-hybridized carbons (Fsp3) is 0.632. The summed E-state index contributed by atoms with van der Waals surface area (Å²) in [7, 11) is 3.58. The van der Waals surface area contributed by atoms with Gasteiger partial charge >= 0.3 is 0 Å². The Morgan fingerprint density at radius 1 is 1.31 bits per heavy atom. The maximum atomic E-state index is 5.47. The number of benzene rings is 1. The molecule has 2 heterocycles. The molecular formula is C19H31IN4O2. The van der Waals surface area contributed by atoms with Crippen molar-refractivity contribution in [3.05, 3.63) is 29.8 Å². The summed E-state index contributed by atoms with van der Waals surface area (Å²) in [5, 5.41) is 3.51. The number of ether oxygens (including phenoxy) is 2. The van der Waals surface area contributed by atoms with Crippen molar-refractivity contribution in [1.82, 2.24) is 15.1 Å². The summed E-state index contributed by atoms with van der Waals surface area (Å²) in [4.78, 5) is 9.42. The van der Waals surface area contributed by atoms with Crippen LogP contribution in [0, 0.1) is 0 Å². The molecule has 0 spiro atoms. The van der Waals surface area contributed by atoms with E-state index in [-0.39, 0.29) is 24.0 Å². The number of hydrogen-bond donors (Lipinski definition) is 1. The third kappa shape index (κ3) is 5.72. The van der Waals surface area contributed by atoms with Gasteiger partial charge in [-0.05, 0) is 30.5 Å². The van der Waals surface area contributed by atoms with Crippen LogP contribution in [0.4, 0.5) is 0 Å². The van der Waals surface area contributed by atoms with Gasteiger partial charge in [-0.25, -0.2) is 0 Å². The monoisotopic (exact) mass is 474 g/mol. The highest BCUT2D eigenvalue weighted by Gasteiger charge is 2.30. The lowest BCUT2D eigenvalue weighted by Crippen LogP contribution is -2.46. The molecule has 1 aromatic rings. The Kier molecular flexibility index (Phi) is 8.94. The lowest BCUT2D eigenvalue weighted by Gasteiger charge is -2.32. The standard InChI is InChI=1S/C19H30N4O2.HI/c1-20-19(21-8-6-16-4-3-5-18(14-16)24-2)23-9-7-17(15-23)22-10-12-25-13-11-22;/h3-5,14,17H,6-13,15H2,1-2H3,(H,20,21);1H. The number of likely N-dealkylation sites (tertiary alicyclic amines) is 1. The quantitative estimate of drug-likeness (QED) is 0.401. The Labute approximate surface area is 173 Å². The molecule has 1 aromatic carbocycles. The Balaban J connectivity index is 0.00000243. The number of guanidine groups is 1. The number of aliphatic imine (C=N–C) groups is 1. The topological polar surface area (TPSA) is 49.3 Å². The summed E-state index contributed by atoms with van der Waals surface area (Å²) >= 11 is 0. The van der Waals surface area contributed by atoms with E-state index in [1.807, 2.05) is 19.2 Å². The van der Waals surface area contributed by atoms with Gasteiger partial charge in [0.05, 0.1) is 20.3 Å². The zero-order chi connectivity index (χ0) is 17.5. The molecule has 0 aliphatic carbocycles. The number of nitrogens with one attached hydrogen (secondary N) is 1. The van der Waals surface area contributed by atoms with Gasteiger partial charge in [0.1, 0.15) is 5.75 Å². The first kappa shape index (κ1) is 21.2. The molecule has 7 heteroatoms. The molecule has 1 atom stereocenters. The summed E-state index contributed by atoms with van der Waals surface area (Å²) in [5.74, 6) is 1.92. The lowest BCUT2D eigenvalue weighted by atomic mass is 10.1. The Bertz CT molecular complexity index is 578. The van der Waals surface area contributed by atoms with Crippen molar-refractivity contribution in [3.63, 3.8) is 0 Å². The highest BCUT2D eigenvalue weighted by molar-refractivity contribution is 14.0. The molecule has 0 radical (unpaired) electrons. The van der Waals surface area contributed by atoms with Crippen molar-refractivity contribution >= 4 is 29.9 Å². The average Bonchev–Trinajstić information content (AvgIpc) is 3.16. The minimum atomic E-state index is 0. The van der Waals surface area contributed by atoms with E-state index in [1.54, 1.807) is 7.11 Å². The third-order valence-electron chi connectivity index (χ3n) is 5.07. The van der Waals surface area contributed by atoms with Gasteiger partial charge in [-0.2, -0.15) is 0 Å². The second kappa shape index (κ2) is 10.9. The highest BCUT2D eigenvalue weighted by atomic mass is 127. The Morgan fingerprint density at radius 3 is 2.85 bits per heavy atom. The fourth-order valence-corrected chi connectivity index (χ4v) is 3.65. The lowest BCUT2D eigenvalue weighted by molar-refractivity contribution is 0.0195. The van der Waals surface area contributed by atoms with Crippen LogP contribution < -0.4 is 10.1 Å². The van der Waals surface area contributed by atoms with E-state index in [0.717, 1.165) is 64.1 Å². The predicted molar refractivity (Wildman–Crippen MR) is 116 cm³/mol. The Morgan fingerprint density at radius 2 is 2.12 bits per heavy atom. The predicted octanol–water partition coefficient (Wildman–Crippen LogP) is 1.84. The van der Waals surface area contributed by atoms with Crippen LogP contribution in [-0.4, -0.2) is 81.9 Å². The molecule has 0 bridgehead atoms. The normalized spacial score (nSPS) is 21.4. The van der Waals surface area contributed by atoms with E-state index in [1.165, 1.54) is 12.0 Å². The van der Waals surface area contributed by atoms with Crippen LogP contribution in [0.15, 0.2) is 29.3 Å². The van der Waals surface area contributed by atoms with Crippen LogP contribution in [0.3, 0.4) is 0 Å². The molecule has 146 valence electrons. The second-order valence-corrected chi connectivity index (χ2v) is 6.61. The minimum Gasteiger partial charge on any atom is -0.497 e. The first-order valence-electron chi connectivity index (χ1n) is 9.20. The number of nitrogens with zero attached hydrogens (tertiary/aromatic N) is 3. The van der Waals surface area contributed by atoms with Crippen molar-refractivity contribution in [1.29, 1.82) is 0 Å². The van der Waals surface area contributed by atoms with Crippen molar-refractivity contribution < 1.29 is 9.47 Å². The summed E-state index contributed by atoms with van der Waals surface area (Å²) in [5.41, 5.74) is 1.27. The fourth-order valence-electron chi connectivity index (χ4n) is 3.65. The molecule has 26 heavy (non-hydrogen) atoms. The van der Waals surface area contributed by atoms with Crippen molar-refractivity contribution in [2.45, 2.75) is 18.9 Å². The minimum absolute atomic E-state index is 0. The largest absolute Gasteiger partial charge is 0.497 e. The molecule has 2 fully saturated rings. The zero-order valence-corrected chi connectivity index (χ0v) is 18.1. The molecular weight excluding hydrogens is 443 g/mol.